The second-order valence-electron chi connectivity index (χ2n) is 4.98. The number of hydrogen-bond donors (Lipinski definition) is 3. The highest BCUT2D eigenvalue weighted by atomic mass is 16.6. The average molecular weight is 260 g/mol. The Balaban J connectivity index is 2.37. The van der Waals surface area contributed by atoms with Gasteiger partial charge in [-0.2, -0.15) is 0 Å². The molecule has 0 aromatic heterocycles. The van der Waals surface area contributed by atoms with E-state index in [-0.39, 0.29) is 25.3 Å². The zero-order valence-electron chi connectivity index (χ0n) is 11.2. The van der Waals surface area contributed by atoms with Gasteiger partial charge in [0.05, 0.1) is 25.4 Å². The Morgan fingerprint density at radius 1 is 1.39 bits per heavy atom. The Morgan fingerprint density at radius 2 is 1.94 bits per heavy atom. The molecule has 0 aromatic rings. The first-order valence-corrected chi connectivity index (χ1v) is 6.45. The lowest BCUT2D eigenvalue weighted by Crippen LogP contribution is -2.56. The minimum absolute atomic E-state index is 0.110. The van der Waals surface area contributed by atoms with E-state index in [0.717, 1.165) is 12.8 Å². The van der Waals surface area contributed by atoms with E-state index in [1.165, 1.54) is 0 Å². The number of rotatable bonds is 5. The predicted octanol–water partition coefficient (Wildman–Crippen LogP) is -0.0598. The largest absolute Gasteiger partial charge is 0.450 e. The van der Waals surface area contributed by atoms with Crippen molar-refractivity contribution in [2.24, 2.45) is 0 Å². The third kappa shape index (κ3) is 4.12. The quantitative estimate of drug-likeness (QED) is 0.645. The smallest absolute Gasteiger partial charge is 0.409 e. The molecule has 1 saturated heterocycles. The van der Waals surface area contributed by atoms with E-state index in [4.69, 9.17) is 4.74 Å². The maximum atomic E-state index is 11.5. The normalized spacial score (nSPS) is 17.9. The van der Waals surface area contributed by atoms with Crippen molar-refractivity contribution in [2.75, 3.05) is 32.9 Å². The van der Waals surface area contributed by atoms with E-state index in [1.807, 2.05) is 0 Å². The van der Waals surface area contributed by atoms with Crippen molar-refractivity contribution in [3.05, 3.63) is 0 Å². The van der Waals surface area contributed by atoms with Crippen molar-refractivity contribution >= 4 is 6.09 Å². The van der Waals surface area contributed by atoms with E-state index in [2.05, 4.69) is 5.32 Å². The van der Waals surface area contributed by atoms with Crippen LogP contribution in [0.15, 0.2) is 0 Å². The molecule has 6 nitrogen and oxygen atoms in total. The van der Waals surface area contributed by atoms with Gasteiger partial charge in [0.2, 0.25) is 0 Å². The summed E-state index contributed by atoms with van der Waals surface area (Å²) in [6, 6.07) is 0.208. The fourth-order valence-electron chi connectivity index (χ4n) is 2.06. The van der Waals surface area contributed by atoms with Gasteiger partial charge in [-0.05, 0) is 26.7 Å². The molecule has 0 saturated carbocycles. The Hall–Kier alpha value is -0.850. The number of carbonyl (C=O) groups is 1. The van der Waals surface area contributed by atoms with Crippen molar-refractivity contribution in [2.45, 2.75) is 38.3 Å². The molecule has 18 heavy (non-hydrogen) atoms. The first-order chi connectivity index (χ1) is 8.54. The lowest BCUT2D eigenvalue weighted by Gasteiger charge is -2.37. The van der Waals surface area contributed by atoms with Crippen LogP contribution in [0.1, 0.15) is 26.7 Å². The molecule has 1 amide bonds. The Labute approximate surface area is 108 Å². The molecule has 1 aliphatic heterocycles. The first kappa shape index (κ1) is 15.2. The molecule has 0 radical (unpaired) electrons. The summed E-state index contributed by atoms with van der Waals surface area (Å²) in [5.41, 5.74) is -0.656. The third-order valence-corrected chi connectivity index (χ3v) is 3.27. The molecular weight excluding hydrogens is 236 g/mol. The Kier molecular flexibility index (Phi) is 5.84. The van der Waals surface area contributed by atoms with Crippen LogP contribution in [0.4, 0.5) is 4.79 Å². The molecule has 0 unspecified atom stereocenters. The fraction of sp³-hybridized carbons (Fsp3) is 0.917. The van der Waals surface area contributed by atoms with Gasteiger partial charge in [-0.15, -0.1) is 0 Å². The van der Waals surface area contributed by atoms with Crippen molar-refractivity contribution in [1.29, 1.82) is 0 Å². The number of nitrogens with zero attached hydrogens (tertiary/aromatic N) is 1. The van der Waals surface area contributed by atoms with Crippen LogP contribution in [-0.4, -0.2) is 65.7 Å². The van der Waals surface area contributed by atoms with Crippen LogP contribution in [0.2, 0.25) is 0 Å². The minimum Gasteiger partial charge on any atom is -0.450 e. The topological polar surface area (TPSA) is 82.0 Å². The fourth-order valence-corrected chi connectivity index (χ4v) is 2.06. The van der Waals surface area contributed by atoms with Crippen LogP contribution in [0.5, 0.6) is 0 Å². The molecule has 6 heteroatoms. The number of likely N-dealkylation sites (tertiary alicyclic amines) is 1. The number of carbonyl (C=O) groups excluding carboxylic acids is 1. The first-order valence-electron chi connectivity index (χ1n) is 6.45. The Bertz CT molecular complexity index is 261. The molecule has 3 N–H and O–H groups in total. The second-order valence-corrected chi connectivity index (χ2v) is 4.98. The van der Waals surface area contributed by atoms with Crippen LogP contribution in [0, 0.1) is 0 Å². The summed E-state index contributed by atoms with van der Waals surface area (Å²) < 4.78 is 4.95. The lowest BCUT2D eigenvalue weighted by atomic mass is 9.98. The number of aliphatic hydroxyl groups is 2. The maximum Gasteiger partial charge on any atom is 0.409 e. The molecular formula is C12H24N2O4. The van der Waals surface area contributed by atoms with Gasteiger partial charge in [0, 0.05) is 19.1 Å². The molecule has 0 atom stereocenters. The summed E-state index contributed by atoms with van der Waals surface area (Å²) in [6.07, 6.45) is 1.34. The number of ether oxygens (including phenoxy) is 1. The number of amides is 1. The SMILES string of the molecule is CCOC(=O)N1CCC(NC(C)(CO)CO)CC1. The number of nitrogens with one attached hydrogen (secondary N) is 1. The van der Waals surface area contributed by atoms with Gasteiger partial charge < -0.3 is 25.2 Å². The average Bonchev–Trinajstić information content (AvgIpc) is 2.39. The standard InChI is InChI=1S/C12H24N2O4/c1-3-18-11(17)14-6-4-10(5-7-14)13-12(2,8-15)9-16/h10,13,15-16H,3-9H2,1-2H3. The zero-order valence-corrected chi connectivity index (χ0v) is 11.2. The van der Waals surface area contributed by atoms with Crippen molar-refractivity contribution < 1.29 is 19.7 Å². The molecule has 0 spiro atoms. The summed E-state index contributed by atoms with van der Waals surface area (Å²) in [5.74, 6) is 0. The van der Waals surface area contributed by atoms with Gasteiger partial charge >= 0.3 is 6.09 Å². The van der Waals surface area contributed by atoms with Crippen LogP contribution >= 0.6 is 0 Å². The van der Waals surface area contributed by atoms with Crippen LogP contribution in [0.25, 0.3) is 0 Å². The molecule has 0 aromatic carbocycles. The lowest BCUT2D eigenvalue weighted by molar-refractivity contribution is 0.0703. The molecule has 1 rings (SSSR count). The summed E-state index contributed by atoms with van der Waals surface area (Å²) >= 11 is 0. The van der Waals surface area contributed by atoms with E-state index in [9.17, 15) is 15.0 Å². The van der Waals surface area contributed by atoms with Gasteiger partial charge in [-0.3, -0.25) is 0 Å². The van der Waals surface area contributed by atoms with E-state index >= 15 is 0 Å². The van der Waals surface area contributed by atoms with E-state index in [1.54, 1.807) is 18.7 Å². The van der Waals surface area contributed by atoms with E-state index in [0.29, 0.717) is 19.7 Å². The highest BCUT2D eigenvalue weighted by Gasteiger charge is 2.29. The molecule has 0 bridgehead atoms. The van der Waals surface area contributed by atoms with Gasteiger partial charge in [-0.1, -0.05) is 0 Å². The molecule has 0 aliphatic carbocycles. The highest BCUT2D eigenvalue weighted by molar-refractivity contribution is 5.67. The van der Waals surface area contributed by atoms with E-state index < -0.39 is 5.54 Å². The Morgan fingerprint density at radius 3 is 2.39 bits per heavy atom. The molecule has 1 aliphatic rings. The van der Waals surface area contributed by atoms with Crippen LogP contribution in [0.3, 0.4) is 0 Å². The molecule has 1 heterocycles. The van der Waals surface area contributed by atoms with Gasteiger partial charge in [-0.25, -0.2) is 4.79 Å². The van der Waals surface area contributed by atoms with Crippen molar-refractivity contribution in [3.63, 3.8) is 0 Å². The van der Waals surface area contributed by atoms with Gasteiger partial charge in [0.1, 0.15) is 0 Å². The van der Waals surface area contributed by atoms with Crippen molar-refractivity contribution in [3.8, 4) is 0 Å². The van der Waals surface area contributed by atoms with Crippen LogP contribution < -0.4 is 5.32 Å². The van der Waals surface area contributed by atoms with Crippen LogP contribution in [-0.2, 0) is 4.74 Å². The molecule has 106 valence electrons. The number of hydrogen-bond acceptors (Lipinski definition) is 5. The summed E-state index contributed by atoms with van der Waals surface area (Å²) in [7, 11) is 0. The molecule has 1 fully saturated rings. The summed E-state index contributed by atoms with van der Waals surface area (Å²) in [5, 5.41) is 21.7. The third-order valence-electron chi connectivity index (χ3n) is 3.27. The predicted molar refractivity (Wildman–Crippen MR) is 67.3 cm³/mol. The minimum atomic E-state index is -0.656. The van der Waals surface area contributed by atoms with Crippen molar-refractivity contribution in [1.82, 2.24) is 10.2 Å². The summed E-state index contributed by atoms with van der Waals surface area (Å²) in [4.78, 5) is 13.2. The van der Waals surface area contributed by atoms with Gasteiger partial charge in [0.25, 0.3) is 0 Å². The number of aliphatic hydroxyl groups excluding tert-OH is 2. The highest BCUT2D eigenvalue weighted by Crippen LogP contribution is 2.14. The van der Waals surface area contributed by atoms with Gasteiger partial charge in [0.15, 0.2) is 0 Å². The monoisotopic (exact) mass is 260 g/mol. The maximum absolute atomic E-state index is 11.5. The zero-order chi connectivity index (χ0) is 13.6. The number of piperidine rings is 1. The summed E-state index contributed by atoms with van der Waals surface area (Å²) in [6.45, 7) is 5.03. The second kappa shape index (κ2) is 6.92.